The van der Waals surface area contributed by atoms with E-state index in [0.29, 0.717) is 11.6 Å². The maximum Gasteiger partial charge on any atom is 0.267 e. The summed E-state index contributed by atoms with van der Waals surface area (Å²) < 4.78 is 6.38. The molecule has 0 atom stereocenters. The number of rotatable bonds is 4. The van der Waals surface area contributed by atoms with Crippen molar-refractivity contribution in [3.8, 4) is 11.3 Å². The van der Waals surface area contributed by atoms with Crippen LogP contribution in [0, 0.1) is 0 Å². The van der Waals surface area contributed by atoms with Crippen molar-refractivity contribution in [1.29, 1.82) is 0 Å². The van der Waals surface area contributed by atoms with Gasteiger partial charge in [0.2, 0.25) is 11.8 Å². The fourth-order valence-electron chi connectivity index (χ4n) is 3.41. The molecule has 5 rings (SSSR count). The number of aromatic nitrogens is 3. The van der Waals surface area contributed by atoms with Crippen LogP contribution in [0.3, 0.4) is 0 Å². The van der Waals surface area contributed by atoms with Crippen molar-refractivity contribution in [2.75, 3.05) is 5.32 Å². The summed E-state index contributed by atoms with van der Waals surface area (Å²) in [4.78, 5) is 24.8. The Hall–Kier alpha value is -3.39. The molecular weight excluding hydrogens is 388 g/mol. The predicted molar refractivity (Wildman–Crippen MR) is 112 cm³/mol. The van der Waals surface area contributed by atoms with Crippen LogP contribution in [-0.4, -0.2) is 20.8 Å². The summed E-state index contributed by atoms with van der Waals surface area (Å²) >= 11 is 1.72. The summed E-state index contributed by atoms with van der Waals surface area (Å²) in [7, 11) is 0. The van der Waals surface area contributed by atoms with Gasteiger partial charge < -0.3 is 4.52 Å². The van der Waals surface area contributed by atoms with Crippen LogP contribution in [0.4, 0.5) is 5.88 Å². The molecule has 0 saturated heterocycles. The minimum absolute atomic E-state index is 0.208. The Labute approximate surface area is 169 Å². The number of nitrogens with zero attached hydrogens (tertiary/aromatic N) is 3. The summed E-state index contributed by atoms with van der Waals surface area (Å²) in [5.74, 6) is 1.50. The second kappa shape index (κ2) is 7.21. The van der Waals surface area contributed by atoms with Crippen molar-refractivity contribution in [3.05, 3.63) is 76.2 Å². The van der Waals surface area contributed by atoms with Crippen molar-refractivity contribution in [2.45, 2.75) is 18.1 Å². The maximum absolute atomic E-state index is 12.5. The van der Waals surface area contributed by atoms with E-state index in [0.717, 1.165) is 43.8 Å². The van der Waals surface area contributed by atoms with E-state index in [1.165, 1.54) is 6.07 Å². The van der Waals surface area contributed by atoms with Gasteiger partial charge >= 0.3 is 0 Å². The van der Waals surface area contributed by atoms with E-state index in [9.17, 15) is 9.59 Å². The van der Waals surface area contributed by atoms with Gasteiger partial charge in [0, 0.05) is 23.1 Å². The van der Waals surface area contributed by atoms with E-state index in [1.54, 1.807) is 17.8 Å². The van der Waals surface area contributed by atoms with Gasteiger partial charge in [-0.2, -0.15) is 16.9 Å². The van der Waals surface area contributed by atoms with Crippen molar-refractivity contribution >= 4 is 34.3 Å². The molecule has 144 valence electrons. The molecule has 1 N–H and O–H groups in total. The number of fused-ring (bicyclic) bond motifs is 2. The fraction of sp³-hybridized carbons (Fsp3) is 0.143. The van der Waals surface area contributed by atoms with Gasteiger partial charge in [-0.25, -0.2) is 4.68 Å². The number of nitrogens with one attached hydrogen (secondary N) is 1. The van der Waals surface area contributed by atoms with Gasteiger partial charge in [0.15, 0.2) is 0 Å². The normalized spacial score (nSPS) is 12.8. The summed E-state index contributed by atoms with van der Waals surface area (Å²) in [6.07, 6.45) is 0. The van der Waals surface area contributed by atoms with Crippen molar-refractivity contribution in [3.63, 3.8) is 0 Å². The Morgan fingerprint density at radius 2 is 1.97 bits per heavy atom. The van der Waals surface area contributed by atoms with Crippen LogP contribution in [0.25, 0.3) is 22.0 Å². The highest BCUT2D eigenvalue weighted by molar-refractivity contribution is 7.98. The number of hydrogen-bond acceptors (Lipinski definition) is 6. The number of carbonyl (C=O) groups is 1. The average Bonchev–Trinajstić information content (AvgIpc) is 3.34. The molecule has 0 fully saturated rings. The highest BCUT2D eigenvalue weighted by Gasteiger charge is 2.23. The highest BCUT2D eigenvalue weighted by atomic mass is 32.2. The van der Waals surface area contributed by atoms with Gasteiger partial charge in [-0.05, 0) is 16.8 Å². The fourth-order valence-corrected chi connectivity index (χ4v) is 4.43. The van der Waals surface area contributed by atoms with Crippen LogP contribution in [0.15, 0.2) is 63.9 Å². The van der Waals surface area contributed by atoms with Gasteiger partial charge in [0.05, 0.1) is 17.0 Å². The van der Waals surface area contributed by atoms with Gasteiger partial charge in [-0.3, -0.25) is 14.9 Å². The minimum Gasteiger partial charge on any atom is -0.338 e. The van der Waals surface area contributed by atoms with Gasteiger partial charge in [0.25, 0.3) is 5.56 Å². The lowest BCUT2D eigenvalue weighted by Gasteiger charge is -2.09. The Bertz CT molecular complexity index is 1290. The molecule has 0 saturated carbocycles. The standard InChI is InChI=1S/C21H16N4O3S/c26-19(22-21-16-11-29-12-18(16)24-28-21)10-25-20(27)9-8-17(23-25)15-7-3-5-13-4-1-2-6-14(13)15/h1-9H,10-12H2,(H,22,26). The van der Waals surface area contributed by atoms with Gasteiger partial charge in [0.1, 0.15) is 6.54 Å². The molecule has 1 amide bonds. The van der Waals surface area contributed by atoms with Crippen LogP contribution in [0.2, 0.25) is 0 Å². The molecular formula is C21H16N4O3S. The number of thioether (sulfide) groups is 1. The molecule has 29 heavy (non-hydrogen) atoms. The van der Waals surface area contributed by atoms with Crippen LogP contribution < -0.4 is 10.9 Å². The second-order valence-electron chi connectivity index (χ2n) is 6.72. The summed E-state index contributed by atoms with van der Waals surface area (Å²) in [6, 6.07) is 17.0. The van der Waals surface area contributed by atoms with Gasteiger partial charge in [-0.15, -0.1) is 0 Å². The zero-order valence-corrected chi connectivity index (χ0v) is 16.1. The van der Waals surface area contributed by atoms with Crippen molar-refractivity contribution < 1.29 is 9.32 Å². The first-order valence-electron chi connectivity index (χ1n) is 9.10. The van der Waals surface area contributed by atoms with Crippen LogP contribution in [0.1, 0.15) is 11.3 Å². The van der Waals surface area contributed by atoms with E-state index >= 15 is 0 Å². The lowest BCUT2D eigenvalue weighted by Crippen LogP contribution is -2.29. The molecule has 0 spiro atoms. The molecule has 0 radical (unpaired) electrons. The molecule has 2 aromatic carbocycles. The van der Waals surface area contributed by atoms with E-state index in [4.69, 9.17) is 4.52 Å². The van der Waals surface area contributed by atoms with E-state index < -0.39 is 0 Å². The molecule has 0 aliphatic carbocycles. The van der Waals surface area contributed by atoms with Crippen LogP contribution in [-0.2, 0) is 22.8 Å². The topological polar surface area (TPSA) is 90.0 Å². The molecule has 2 aromatic heterocycles. The maximum atomic E-state index is 12.5. The van der Waals surface area contributed by atoms with Gasteiger partial charge in [-0.1, -0.05) is 47.6 Å². The molecule has 1 aliphatic rings. The Morgan fingerprint density at radius 1 is 1.10 bits per heavy atom. The SMILES string of the molecule is O=C(Cn1nc(-c2cccc3ccccc23)ccc1=O)Nc1onc2c1CSC2. The molecule has 8 heteroatoms. The lowest BCUT2D eigenvalue weighted by atomic mass is 10.0. The third-order valence-corrected chi connectivity index (χ3v) is 5.80. The summed E-state index contributed by atoms with van der Waals surface area (Å²) in [6.45, 7) is -0.208. The first-order valence-corrected chi connectivity index (χ1v) is 10.3. The van der Waals surface area contributed by atoms with Crippen molar-refractivity contribution in [1.82, 2.24) is 14.9 Å². The smallest absolute Gasteiger partial charge is 0.267 e. The quantitative estimate of drug-likeness (QED) is 0.560. The number of hydrogen-bond donors (Lipinski definition) is 1. The highest BCUT2D eigenvalue weighted by Crippen LogP contribution is 2.34. The van der Waals surface area contributed by atoms with Crippen molar-refractivity contribution in [2.24, 2.45) is 0 Å². The number of carbonyl (C=O) groups excluding carboxylic acids is 1. The second-order valence-corrected chi connectivity index (χ2v) is 7.70. The molecule has 3 heterocycles. The monoisotopic (exact) mass is 404 g/mol. The molecule has 7 nitrogen and oxygen atoms in total. The average molecular weight is 404 g/mol. The van der Waals surface area contributed by atoms with E-state index in [-0.39, 0.29) is 18.0 Å². The van der Waals surface area contributed by atoms with E-state index in [2.05, 4.69) is 15.6 Å². The third kappa shape index (κ3) is 3.31. The zero-order chi connectivity index (χ0) is 19.8. The molecule has 1 aliphatic heterocycles. The number of anilines is 1. The minimum atomic E-state index is -0.384. The lowest BCUT2D eigenvalue weighted by molar-refractivity contribution is -0.117. The van der Waals surface area contributed by atoms with Crippen LogP contribution >= 0.6 is 11.8 Å². The third-order valence-electron chi connectivity index (χ3n) is 4.83. The first kappa shape index (κ1) is 17.7. The summed E-state index contributed by atoms with van der Waals surface area (Å²) in [5.41, 5.74) is 2.96. The largest absolute Gasteiger partial charge is 0.338 e. The molecule has 0 unspecified atom stereocenters. The summed E-state index contributed by atoms with van der Waals surface area (Å²) in [5, 5.41) is 13.2. The van der Waals surface area contributed by atoms with E-state index in [1.807, 2.05) is 42.5 Å². The Morgan fingerprint density at radius 3 is 2.90 bits per heavy atom. The molecule has 4 aromatic rings. The number of amides is 1. The Kier molecular flexibility index (Phi) is 4.40. The zero-order valence-electron chi connectivity index (χ0n) is 15.3. The molecule has 0 bridgehead atoms. The predicted octanol–water partition coefficient (Wildman–Crippen LogP) is 3.44. The first-order chi connectivity index (χ1) is 14.2. The Balaban J connectivity index is 1.43. The van der Waals surface area contributed by atoms with Crippen LogP contribution in [0.5, 0.6) is 0 Å². The number of benzene rings is 2.